The number of hydrogen-bond acceptors (Lipinski definition) is 1. The first-order valence-corrected chi connectivity index (χ1v) is 7.58. The first kappa shape index (κ1) is 14.0. The first-order valence-electron chi connectivity index (χ1n) is 5.75. The van der Waals surface area contributed by atoms with Gasteiger partial charge in [0.25, 0.3) is 0 Å². The van der Waals surface area contributed by atoms with Gasteiger partial charge in [-0.05, 0) is 24.1 Å². The molecular formula is C13H18Br2O. The van der Waals surface area contributed by atoms with Crippen molar-refractivity contribution in [1.82, 2.24) is 0 Å². The van der Waals surface area contributed by atoms with Crippen LogP contribution < -0.4 is 4.74 Å². The fourth-order valence-corrected chi connectivity index (χ4v) is 2.04. The topological polar surface area (TPSA) is 9.23 Å². The van der Waals surface area contributed by atoms with E-state index in [0.717, 1.165) is 18.8 Å². The second-order valence-corrected chi connectivity index (χ2v) is 6.84. The van der Waals surface area contributed by atoms with Crippen molar-refractivity contribution in [3.63, 3.8) is 0 Å². The number of ether oxygens (including phenoxy) is 1. The molecule has 0 spiro atoms. The van der Waals surface area contributed by atoms with E-state index in [1.165, 1.54) is 24.8 Å². The molecule has 0 unspecified atom stereocenters. The maximum absolute atomic E-state index is 5.66. The Balaban J connectivity index is 2.27. The minimum absolute atomic E-state index is 0.221. The van der Waals surface area contributed by atoms with Crippen LogP contribution in [0, 0.1) is 0 Å². The zero-order valence-electron chi connectivity index (χ0n) is 9.59. The lowest BCUT2D eigenvalue weighted by atomic mass is 10.2. The summed E-state index contributed by atoms with van der Waals surface area (Å²) >= 11 is 6.93. The Hall–Kier alpha value is -0.0200. The summed E-state index contributed by atoms with van der Waals surface area (Å²) in [6.07, 6.45) is 4.98. The maximum Gasteiger partial charge on any atom is 0.119 e. The molecule has 0 atom stereocenters. The normalized spacial score (nSPS) is 10.8. The predicted octanol–water partition coefficient (Wildman–Crippen LogP) is 5.43. The molecule has 0 saturated carbocycles. The molecule has 0 fully saturated rings. The molecular weight excluding hydrogens is 332 g/mol. The average molecular weight is 350 g/mol. The quantitative estimate of drug-likeness (QED) is 0.470. The van der Waals surface area contributed by atoms with E-state index >= 15 is 0 Å². The summed E-state index contributed by atoms with van der Waals surface area (Å²) in [6.45, 7) is 3.04. The van der Waals surface area contributed by atoms with Crippen LogP contribution in [-0.2, 0) is 0 Å². The molecule has 1 aromatic carbocycles. The van der Waals surface area contributed by atoms with Crippen LogP contribution >= 0.6 is 31.9 Å². The van der Waals surface area contributed by atoms with E-state index in [2.05, 4.69) is 50.9 Å². The largest absolute Gasteiger partial charge is 0.494 e. The lowest BCUT2D eigenvalue weighted by Crippen LogP contribution is -1.97. The van der Waals surface area contributed by atoms with Crippen molar-refractivity contribution in [2.45, 2.75) is 36.3 Å². The Morgan fingerprint density at radius 2 is 1.75 bits per heavy atom. The van der Waals surface area contributed by atoms with Gasteiger partial charge in [0.1, 0.15) is 5.75 Å². The van der Waals surface area contributed by atoms with Crippen LogP contribution in [0.15, 0.2) is 24.3 Å². The number of benzene rings is 1. The molecule has 0 aromatic heterocycles. The number of halogens is 2. The van der Waals surface area contributed by atoms with Crippen molar-refractivity contribution in [1.29, 1.82) is 0 Å². The summed E-state index contributed by atoms with van der Waals surface area (Å²) in [5.74, 6) is 0.959. The fourth-order valence-electron chi connectivity index (χ4n) is 1.43. The minimum atomic E-state index is 0.221. The SMILES string of the molecule is CCCCCCOc1ccc(C(Br)Br)cc1. The van der Waals surface area contributed by atoms with E-state index in [-0.39, 0.29) is 3.74 Å². The standard InChI is InChI=1S/C13H18Br2O/c1-2-3-4-5-10-16-12-8-6-11(7-9-12)13(14)15/h6-9,13H,2-5,10H2,1H3. The molecule has 0 heterocycles. The third kappa shape index (κ3) is 5.35. The molecule has 0 N–H and O–H groups in total. The molecule has 1 nitrogen and oxygen atoms in total. The smallest absolute Gasteiger partial charge is 0.119 e. The highest BCUT2D eigenvalue weighted by molar-refractivity contribution is 9.24. The van der Waals surface area contributed by atoms with E-state index in [1.807, 2.05) is 12.1 Å². The summed E-state index contributed by atoms with van der Waals surface area (Å²) in [5, 5.41) is 0. The van der Waals surface area contributed by atoms with Crippen molar-refractivity contribution in [2.75, 3.05) is 6.61 Å². The third-order valence-corrected chi connectivity index (χ3v) is 3.46. The monoisotopic (exact) mass is 348 g/mol. The molecule has 1 rings (SSSR count). The lowest BCUT2D eigenvalue weighted by Gasteiger charge is -2.07. The van der Waals surface area contributed by atoms with Gasteiger partial charge >= 0.3 is 0 Å². The summed E-state index contributed by atoms with van der Waals surface area (Å²) in [7, 11) is 0. The molecule has 3 heteroatoms. The summed E-state index contributed by atoms with van der Waals surface area (Å²) in [6, 6.07) is 8.17. The zero-order chi connectivity index (χ0) is 11.8. The Kier molecular flexibility index (Phi) is 7.13. The number of alkyl halides is 2. The van der Waals surface area contributed by atoms with Gasteiger partial charge in [0.2, 0.25) is 0 Å². The average Bonchev–Trinajstić information content (AvgIpc) is 2.29. The molecule has 0 aliphatic rings. The van der Waals surface area contributed by atoms with E-state index < -0.39 is 0 Å². The number of rotatable bonds is 7. The molecule has 1 aromatic rings. The molecule has 0 saturated heterocycles. The van der Waals surface area contributed by atoms with E-state index in [0.29, 0.717) is 0 Å². The second-order valence-electron chi connectivity index (χ2n) is 3.78. The summed E-state index contributed by atoms with van der Waals surface area (Å²) < 4.78 is 5.88. The fraction of sp³-hybridized carbons (Fsp3) is 0.538. The van der Waals surface area contributed by atoms with Crippen LogP contribution in [0.3, 0.4) is 0 Å². The summed E-state index contributed by atoms with van der Waals surface area (Å²) in [5.41, 5.74) is 1.21. The van der Waals surface area contributed by atoms with Gasteiger partial charge in [-0.2, -0.15) is 0 Å². The van der Waals surface area contributed by atoms with Crippen LogP contribution in [0.2, 0.25) is 0 Å². The van der Waals surface area contributed by atoms with E-state index in [1.54, 1.807) is 0 Å². The molecule has 0 bridgehead atoms. The van der Waals surface area contributed by atoms with Crippen LogP contribution in [0.25, 0.3) is 0 Å². The maximum atomic E-state index is 5.66. The van der Waals surface area contributed by atoms with Gasteiger partial charge in [0.05, 0.1) is 10.3 Å². The van der Waals surface area contributed by atoms with Gasteiger partial charge in [-0.25, -0.2) is 0 Å². The van der Waals surface area contributed by atoms with Crippen LogP contribution in [0.4, 0.5) is 0 Å². The van der Waals surface area contributed by atoms with Gasteiger partial charge in [-0.15, -0.1) is 0 Å². The van der Waals surface area contributed by atoms with Crippen LogP contribution in [-0.4, -0.2) is 6.61 Å². The molecule has 16 heavy (non-hydrogen) atoms. The van der Waals surface area contributed by atoms with Gasteiger partial charge in [-0.1, -0.05) is 70.2 Å². The number of unbranched alkanes of at least 4 members (excludes halogenated alkanes) is 3. The highest BCUT2D eigenvalue weighted by Crippen LogP contribution is 2.30. The third-order valence-electron chi connectivity index (χ3n) is 2.40. The van der Waals surface area contributed by atoms with Crippen LogP contribution in [0.1, 0.15) is 41.9 Å². The Bertz CT molecular complexity index is 282. The van der Waals surface area contributed by atoms with Gasteiger partial charge < -0.3 is 4.74 Å². The minimum Gasteiger partial charge on any atom is -0.494 e. The van der Waals surface area contributed by atoms with Gasteiger partial charge in [0.15, 0.2) is 0 Å². The van der Waals surface area contributed by atoms with Crippen molar-refractivity contribution >= 4 is 31.9 Å². The Labute approximate surface area is 115 Å². The van der Waals surface area contributed by atoms with Gasteiger partial charge in [0, 0.05) is 0 Å². The zero-order valence-corrected chi connectivity index (χ0v) is 12.8. The molecule has 0 aliphatic carbocycles. The van der Waals surface area contributed by atoms with Crippen molar-refractivity contribution in [3.8, 4) is 5.75 Å². The molecule has 0 radical (unpaired) electrons. The highest BCUT2D eigenvalue weighted by Gasteiger charge is 2.01. The van der Waals surface area contributed by atoms with Crippen molar-refractivity contribution in [2.24, 2.45) is 0 Å². The van der Waals surface area contributed by atoms with Gasteiger partial charge in [-0.3, -0.25) is 0 Å². The van der Waals surface area contributed by atoms with E-state index in [4.69, 9.17) is 4.74 Å². The molecule has 0 aliphatic heterocycles. The first-order chi connectivity index (χ1) is 7.74. The Morgan fingerprint density at radius 1 is 1.06 bits per heavy atom. The Morgan fingerprint density at radius 3 is 2.31 bits per heavy atom. The highest BCUT2D eigenvalue weighted by atomic mass is 79.9. The van der Waals surface area contributed by atoms with Crippen molar-refractivity contribution in [3.05, 3.63) is 29.8 Å². The number of hydrogen-bond donors (Lipinski definition) is 0. The lowest BCUT2D eigenvalue weighted by molar-refractivity contribution is 0.305. The molecule has 90 valence electrons. The second kappa shape index (κ2) is 8.13. The van der Waals surface area contributed by atoms with E-state index in [9.17, 15) is 0 Å². The molecule has 0 amide bonds. The summed E-state index contributed by atoms with van der Waals surface area (Å²) in [4.78, 5) is 0. The predicted molar refractivity (Wildman–Crippen MR) is 76.7 cm³/mol. The van der Waals surface area contributed by atoms with Crippen molar-refractivity contribution < 1.29 is 4.74 Å². The van der Waals surface area contributed by atoms with Crippen LogP contribution in [0.5, 0.6) is 5.75 Å².